The van der Waals surface area contributed by atoms with E-state index in [1.165, 1.54) is 12.7 Å². The molecule has 0 spiro atoms. The van der Waals surface area contributed by atoms with E-state index in [4.69, 9.17) is 4.74 Å². The molecule has 0 amide bonds. The Bertz CT molecular complexity index is 577. The van der Waals surface area contributed by atoms with Gasteiger partial charge in [0.25, 0.3) is 0 Å². The molecule has 0 saturated heterocycles. The number of aromatic hydroxyl groups is 1. The first-order valence-electron chi connectivity index (χ1n) is 5.92. The maximum absolute atomic E-state index is 9.63. The molecular weight excluding hydrogens is 240 g/mol. The van der Waals surface area contributed by atoms with Gasteiger partial charge in [0.1, 0.15) is 0 Å². The average Bonchev–Trinajstić information content (AvgIpc) is 2.41. The van der Waals surface area contributed by atoms with Gasteiger partial charge in [-0.2, -0.15) is 5.10 Å². The minimum Gasteiger partial charge on any atom is -0.504 e. The van der Waals surface area contributed by atoms with Crippen LogP contribution in [0.25, 0.3) is 0 Å². The molecule has 2 aromatic carbocycles. The Hall–Kier alpha value is -2.49. The summed E-state index contributed by atoms with van der Waals surface area (Å²) in [5.74, 6) is 0.547. The van der Waals surface area contributed by atoms with Gasteiger partial charge in [-0.15, -0.1) is 0 Å². The van der Waals surface area contributed by atoms with E-state index in [9.17, 15) is 5.11 Å². The number of nitrogens with zero attached hydrogens (tertiary/aromatic N) is 1. The average molecular weight is 256 g/mol. The second kappa shape index (κ2) is 5.91. The van der Waals surface area contributed by atoms with Crippen LogP contribution >= 0.6 is 0 Å². The van der Waals surface area contributed by atoms with Crippen LogP contribution in [0.15, 0.2) is 47.6 Å². The molecule has 0 unspecified atom stereocenters. The summed E-state index contributed by atoms with van der Waals surface area (Å²) in [5.41, 5.74) is 5.83. The highest BCUT2D eigenvalue weighted by Crippen LogP contribution is 2.25. The molecule has 0 aliphatic rings. The second-order valence-electron chi connectivity index (χ2n) is 4.17. The minimum atomic E-state index is 0.0989. The number of phenols is 1. The SMILES string of the molecule is COc1ccc(C=NNc2ccc(C)cc2)cc1O. The Morgan fingerprint density at radius 1 is 1.16 bits per heavy atom. The van der Waals surface area contributed by atoms with E-state index in [-0.39, 0.29) is 5.75 Å². The van der Waals surface area contributed by atoms with Crippen molar-refractivity contribution in [3.05, 3.63) is 53.6 Å². The quantitative estimate of drug-likeness (QED) is 0.652. The van der Waals surface area contributed by atoms with Gasteiger partial charge in [-0.25, -0.2) is 0 Å². The molecule has 0 fully saturated rings. The van der Waals surface area contributed by atoms with Crippen LogP contribution in [-0.2, 0) is 0 Å². The molecular formula is C15H16N2O2. The fourth-order valence-corrected chi connectivity index (χ4v) is 1.60. The fraction of sp³-hybridized carbons (Fsp3) is 0.133. The van der Waals surface area contributed by atoms with Crippen LogP contribution in [0, 0.1) is 6.92 Å². The number of anilines is 1. The Labute approximate surface area is 112 Å². The molecule has 98 valence electrons. The number of nitrogens with one attached hydrogen (secondary N) is 1. The molecule has 0 atom stereocenters. The summed E-state index contributed by atoms with van der Waals surface area (Å²) in [4.78, 5) is 0. The van der Waals surface area contributed by atoms with Crippen LogP contribution in [0.5, 0.6) is 11.5 Å². The molecule has 2 aromatic rings. The molecule has 19 heavy (non-hydrogen) atoms. The molecule has 0 saturated carbocycles. The van der Waals surface area contributed by atoms with Gasteiger partial charge in [0.15, 0.2) is 11.5 Å². The number of hydrogen-bond donors (Lipinski definition) is 2. The van der Waals surface area contributed by atoms with Gasteiger partial charge >= 0.3 is 0 Å². The third kappa shape index (κ3) is 3.48. The van der Waals surface area contributed by atoms with Crippen LogP contribution in [0.3, 0.4) is 0 Å². The number of aryl methyl sites for hydroxylation is 1. The summed E-state index contributed by atoms with van der Waals surface area (Å²) in [7, 11) is 1.52. The largest absolute Gasteiger partial charge is 0.504 e. The van der Waals surface area contributed by atoms with Crippen molar-refractivity contribution in [3.8, 4) is 11.5 Å². The maximum atomic E-state index is 9.63. The van der Waals surface area contributed by atoms with Crippen LogP contribution < -0.4 is 10.2 Å². The van der Waals surface area contributed by atoms with Crippen molar-refractivity contribution in [3.63, 3.8) is 0 Å². The van der Waals surface area contributed by atoms with Crippen molar-refractivity contribution < 1.29 is 9.84 Å². The van der Waals surface area contributed by atoms with Crippen molar-refractivity contribution in [1.29, 1.82) is 0 Å². The van der Waals surface area contributed by atoms with Gasteiger partial charge < -0.3 is 9.84 Å². The smallest absolute Gasteiger partial charge is 0.160 e. The van der Waals surface area contributed by atoms with E-state index in [2.05, 4.69) is 10.5 Å². The number of methoxy groups -OCH3 is 1. The van der Waals surface area contributed by atoms with Crippen LogP contribution in [0.1, 0.15) is 11.1 Å². The van der Waals surface area contributed by atoms with Gasteiger partial charge in [-0.3, -0.25) is 5.43 Å². The number of phenolic OH excluding ortho intramolecular Hbond substituents is 1. The van der Waals surface area contributed by atoms with Gasteiger partial charge in [-0.1, -0.05) is 17.7 Å². The molecule has 0 radical (unpaired) electrons. The number of hydrazone groups is 1. The van der Waals surface area contributed by atoms with E-state index in [1.807, 2.05) is 37.3 Å². The third-order valence-electron chi connectivity index (χ3n) is 2.66. The van der Waals surface area contributed by atoms with E-state index < -0.39 is 0 Å². The van der Waals surface area contributed by atoms with Gasteiger partial charge in [0.05, 0.1) is 19.0 Å². The lowest BCUT2D eigenvalue weighted by Gasteiger charge is -2.03. The molecule has 4 nitrogen and oxygen atoms in total. The van der Waals surface area contributed by atoms with Crippen molar-refractivity contribution >= 4 is 11.9 Å². The van der Waals surface area contributed by atoms with E-state index >= 15 is 0 Å². The Kier molecular flexibility index (Phi) is 4.03. The normalized spacial score (nSPS) is 10.6. The summed E-state index contributed by atoms with van der Waals surface area (Å²) in [6.07, 6.45) is 1.64. The third-order valence-corrected chi connectivity index (χ3v) is 2.66. The summed E-state index contributed by atoms with van der Waals surface area (Å²) < 4.78 is 4.97. The summed E-state index contributed by atoms with van der Waals surface area (Å²) in [6.45, 7) is 2.03. The van der Waals surface area contributed by atoms with Crippen LogP contribution in [0.2, 0.25) is 0 Å². The summed E-state index contributed by atoms with van der Waals surface area (Å²) >= 11 is 0. The topological polar surface area (TPSA) is 53.8 Å². The van der Waals surface area contributed by atoms with E-state index in [0.717, 1.165) is 11.3 Å². The molecule has 0 aromatic heterocycles. The highest BCUT2D eigenvalue weighted by Gasteiger charge is 2.00. The molecule has 2 N–H and O–H groups in total. The zero-order valence-electron chi connectivity index (χ0n) is 10.9. The minimum absolute atomic E-state index is 0.0989. The first-order chi connectivity index (χ1) is 9.19. The molecule has 2 rings (SSSR count). The number of benzene rings is 2. The number of hydrogen-bond acceptors (Lipinski definition) is 4. The Morgan fingerprint density at radius 2 is 1.89 bits per heavy atom. The lowest BCUT2D eigenvalue weighted by molar-refractivity contribution is 0.373. The molecule has 0 heterocycles. The molecule has 4 heteroatoms. The first kappa shape index (κ1) is 13.0. The highest BCUT2D eigenvalue weighted by molar-refractivity contribution is 5.81. The molecule has 0 aliphatic carbocycles. The first-order valence-corrected chi connectivity index (χ1v) is 5.92. The van der Waals surface area contributed by atoms with Crippen molar-refractivity contribution in [2.24, 2.45) is 5.10 Å². The fourth-order valence-electron chi connectivity index (χ4n) is 1.60. The predicted octanol–water partition coefficient (Wildman–Crippen LogP) is 3.16. The molecule has 0 bridgehead atoms. The zero-order valence-corrected chi connectivity index (χ0v) is 10.9. The van der Waals surface area contributed by atoms with Gasteiger partial charge in [-0.05, 0) is 42.8 Å². The lowest BCUT2D eigenvalue weighted by Crippen LogP contribution is -1.91. The summed E-state index contributed by atoms with van der Waals surface area (Å²) in [6, 6.07) is 13.0. The maximum Gasteiger partial charge on any atom is 0.160 e. The van der Waals surface area contributed by atoms with Crippen LogP contribution in [0.4, 0.5) is 5.69 Å². The van der Waals surface area contributed by atoms with Crippen molar-refractivity contribution in [2.45, 2.75) is 6.92 Å². The van der Waals surface area contributed by atoms with Crippen LogP contribution in [-0.4, -0.2) is 18.4 Å². The Balaban J connectivity index is 2.02. The monoisotopic (exact) mass is 256 g/mol. The number of rotatable bonds is 4. The second-order valence-corrected chi connectivity index (χ2v) is 4.17. The van der Waals surface area contributed by atoms with Gasteiger partial charge in [0, 0.05) is 0 Å². The zero-order chi connectivity index (χ0) is 13.7. The Morgan fingerprint density at radius 3 is 2.53 bits per heavy atom. The number of ether oxygens (including phenoxy) is 1. The van der Waals surface area contributed by atoms with Gasteiger partial charge in [0.2, 0.25) is 0 Å². The van der Waals surface area contributed by atoms with E-state index in [0.29, 0.717) is 5.75 Å². The van der Waals surface area contributed by atoms with Crippen molar-refractivity contribution in [2.75, 3.05) is 12.5 Å². The van der Waals surface area contributed by atoms with Crippen molar-refractivity contribution in [1.82, 2.24) is 0 Å². The van der Waals surface area contributed by atoms with E-state index in [1.54, 1.807) is 18.3 Å². The standard InChI is InChI=1S/C15H16N2O2/c1-11-3-6-13(7-4-11)17-16-10-12-5-8-15(19-2)14(18)9-12/h3-10,17-18H,1-2H3. The summed E-state index contributed by atoms with van der Waals surface area (Å²) in [5, 5.41) is 13.7. The molecule has 0 aliphatic heterocycles. The lowest BCUT2D eigenvalue weighted by atomic mass is 10.2. The predicted molar refractivity (Wildman–Crippen MR) is 77.1 cm³/mol. The highest BCUT2D eigenvalue weighted by atomic mass is 16.5.